The van der Waals surface area contributed by atoms with E-state index in [2.05, 4.69) is 160 Å². The lowest BCUT2D eigenvalue weighted by atomic mass is 10.0. The molecule has 0 saturated heterocycles. The second kappa shape index (κ2) is 8.48. The van der Waals surface area contributed by atoms with E-state index < -0.39 is 0 Å². The van der Waals surface area contributed by atoms with Crippen LogP contribution in [0.3, 0.4) is 0 Å². The molecule has 0 aliphatic heterocycles. The highest BCUT2D eigenvalue weighted by molar-refractivity contribution is 6.16. The fourth-order valence-corrected chi connectivity index (χ4v) is 6.66. The molecule has 0 unspecified atom stereocenters. The van der Waals surface area contributed by atoms with Crippen LogP contribution in [0.4, 0.5) is 0 Å². The van der Waals surface area contributed by atoms with Crippen molar-refractivity contribution >= 4 is 49.3 Å². The minimum atomic E-state index is 1.15. The molecule has 4 heterocycles. The second-order valence-electron chi connectivity index (χ2n) is 10.7. The number of pyridine rings is 1. The Morgan fingerprint density at radius 1 is 0.463 bits per heavy atom. The summed E-state index contributed by atoms with van der Waals surface area (Å²) in [7, 11) is 0. The standard InChI is InChI=1S/C38H25N3/c1-3-11-25(12-4-1)36-35-17-9-10-22-40(35)38-31-24-26(18-20-32(31)39-37(36)38)27-19-21-34-30(23-27)29-15-7-8-16-33(29)41(34)28-13-5-2-6-14-28/h1-24,39H. The third-order valence-electron chi connectivity index (χ3n) is 8.46. The van der Waals surface area contributed by atoms with Crippen LogP contribution < -0.4 is 0 Å². The van der Waals surface area contributed by atoms with Gasteiger partial charge in [-0.25, -0.2) is 0 Å². The first-order valence-electron chi connectivity index (χ1n) is 14.0. The number of hydrogen-bond donors (Lipinski definition) is 1. The molecule has 0 spiro atoms. The summed E-state index contributed by atoms with van der Waals surface area (Å²) in [4.78, 5) is 3.76. The number of aromatic amines is 1. The third-order valence-corrected chi connectivity index (χ3v) is 8.46. The van der Waals surface area contributed by atoms with Gasteiger partial charge in [0.2, 0.25) is 0 Å². The van der Waals surface area contributed by atoms with Crippen molar-refractivity contribution in [2.45, 2.75) is 0 Å². The van der Waals surface area contributed by atoms with Crippen LogP contribution in [0.1, 0.15) is 0 Å². The Labute approximate surface area is 236 Å². The molecule has 0 aliphatic carbocycles. The van der Waals surface area contributed by atoms with E-state index in [1.165, 1.54) is 71.7 Å². The van der Waals surface area contributed by atoms with Gasteiger partial charge < -0.3 is 14.0 Å². The van der Waals surface area contributed by atoms with Gasteiger partial charge in [0.15, 0.2) is 0 Å². The smallest absolute Gasteiger partial charge is 0.0793 e. The summed E-state index contributed by atoms with van der Waals surface area (Å²) < 4.78 is 4.70. The molecule has 0 atom stereocenters. The molecule has 0 aliphatic rings. The second-order valence-corrected chi connectivity index (χ2v) is 10.7. The summed E-state index contributed by atoms with van der Waals surface area (Å²) in [6, 6.07) is 50.2. The molecular formula is C38H25N3. The molecule has 1 N–H and O–H groups in total. The summed E-state index contributed by atoms with van der Waals surface area (Å²) in [6.45, 7) is 0. The van der Waals surface area contributed by atoms with Gasteiger partial charge >= 0.3 is 0 Å². The lowest BCUT2D eigenvalue weighted by molar-refractivity contribution is 1.18. The van der Waals surface area contributed by atoms with Gasteiger partial charge in [-0.2, -0.15) is 0 Å². The molecule has 3 nitrogen and oxygen atoms in total. The summed E-state index contributed by atoms with van der Waals surface area (Å²) in [5, 5.41) is 3.76. The average Bonchev–Trinajstić information content (AvgIpc) is 3.68. The molecule has 9 aromatic rings. The Hall–Kier alpha value is -5.54. The fraction of sp³-hybridized carbons (Fsp3) is 0. The number of nitrogens with zero attached hydrogens (tertiary/aromatic N) is 2. The van der Waals surface area contributed by atoms with Crippen LogP contribution in [0.25, 0.3) is 77.2 Å². The maximum Gasteiger partial charge on any atom is 0.0793 e. The minimum absolute atomic E-state index is 1.15. The van der Waals surface area contributed by atoms with Crippen LogP contribution >= 0.6 is 0 Å². The zero-order chi connectivity index (χ0) is 26.9. The number of benzene rings is 5. The lowest BCUT2D eigenvalue weighted by Crippen LogP contribution is -1.92. The number of fused-ring (bicyclic) bond motifs is 8. The highest BCUT2D eigenvalue weighted by Gasteiger charge is 2.19. The summed E-state index contributed by atoms with van der Waals surface area (Å²) >= 11 is 0. The highest BCUT2D eigenvalue weighted by Crippen LogP contribution is 2.40. The highest BCUT2D eigenvalue weighted by atomic mass is 15.0. The topological polar surface area (TPSA) is 25.1 Å². The van der Waals surface area contributed by atoms with E-state index in [1.807, 2.05) is 0 Å². The van der Waals surface area contributed by atoms with Crippen LogP contribution in [0.2, 0.25) is 0 Å². The number of para-hydroxylation sites is 2. The maximum absolute atomic E-state index is 3.76. The van der Waals surface area contributed by atoms with Crippen LogP contribution in [0, 0.1) is 0 Å². The Kier molecular flexibility index (Phi) is 4.61. The zero-order valence-corrected chi connectivity index (χ0v) is 22.3. The van der Waals surface area contributed by atoms with Crippen molar-refractivity contribution < 1.29 is 0 Å². The van der Waals surface area contributed by atoms with E-state index >= 15 is 0 Å². The molecular weight excluding hydrogens is 498 g/mol. The maximum atomic E-state index is 3.76. The quantitative estimate of drug-likeness (QED) is 0.238. The molecule has 0 fully saturated rings. The number of H-pyrrole nitrogens is 1. The lowest BCUT2D eigenvalue weighted by Gasteiger charge is -2.08. The zero-order valence-electron chi connectivity index (χ0n) is 22.3. The molecule has 0 radical (unpaired) electrons. The van der Waals surface area contributed by atoms with Gasteiger partial charge in [-0.3, -0.25) is 0 Å². The van der Waals surface area contributed by atoms with Gasteiger partial charge in [-0.15, -0.1) is 0 Å². The monoisotopic (exact) mass is 523 g/mol. The molecule has 3 heteroatoms. The van der Waals surface area contributed by atoms with Crippen LogP contribution in [-0.4, -0.2) is 14.0 Å². The molecule has 192 valence electrons. The Morgan fingerprint density at radius 2 is 1.12 bits per heavy atom. The summed E-state index contributed by atoms with van der Waals surface area (Å²) in [6.07, 6.45) is 2.18. The SMILES string of the molecule is c1ccc(-c2c3[nH]c4ccc(-c5ccc6c(c5)c5ccccc5n6-c5ccccc5)cc4c3n3ccccc23)cc1. The first kappa shape index (κ1) is 22.3. The van der Waals surface area contributed by atoms with Crippen molar-refractivity contribution in [2.75, 3.05) is 0 Å². The van der Waals surface area contributed by atoms with Gasteiger partial charge in [0.1, 0.15) is 0 Å². The van der Waals surface area contributed by atoms with E-state index in [1.54, 1.807) is 0 Å². The largest absolute Gasteiger partial charge is 0.353 e. The molecule has 0 bridgehead atoms. The normalized spacial score (nSPS) is 11.9. The predicted octanol–water partition coefficient (Wildman–Crippen LogP) is 10.0. The minimum Gasteiger partial charge on any atom is -0.353 e. The van der Waals surface area contributed by atoms with Crippen molar-refractivity contribution in [3.05, 3.63) is 146 Å². The van der Waals surface area contributed by atoms with Crippen LogP contribution in [0.5, 0.6) is 0 Å². The molecule has 9 rings (SSSR count). The molecule has 5 aromatic carbocycles. The van der Waals surface area contributed by atoms with E-state index in [0.29, 0.717) is 0 Å². The van der Waals surface area contributed by atoms with Crippen molar-refractivity contribution in [1.29, 1.82) is 0 Å². The van der Waals surface area contributed by atoms with Crippen molar-refractivity contribution in [2.24, 2.45) is 0 Å². The van der Waals surface area contributed by atoms with Gasteiger partial charge in [0.05, 0.1) is 27.6 Å². The Morgan fingerprint density at radius 3 is 1.98 bits per heavy atom. The number of hydrogen-bond acceptors (Lipinski definition) is 0. The third kappa shape index (κ3) is 3.20. The predicted molar refractivity (Wildman–Crippen MR) is 172 cm³/mol. The number of aromatic nitrogens is 3. The fourth-order valence-electron chi connectivity index (χ4n) is 6.66. The molecule has 0 saturated carbocycles. The van der Waals surface area contributed by atoms with Gasteiger partial charge in [0.25, 0.3) is 0 Å². The summed E-state index contributed by atoms with van der Waals surface area (Å²) in [5.41, 5.74) is 13.3. The first-order chi connectivity index (χ1) is 20.3. The van der Waals surface area contributed by atoms with Gasteiger partial charge in [-0.1, -0.05) is 84.9 Å². The molecule has 0 amide bonds. The van der Waals surface area contributed by atoms with Gasteiger partial charge in [0, 0.05) is 39.1 Å². The average molecular weight is 524 g/mol. The van der Waals surface area contributed by atoms with Crippen LogP contribution in [-0.2, 0) is 0 Å². The Bertz CT molecular complexity index is 2400. The Balaban J connectivity index is 1.29. The van der Waals surface area contributed by atoms with Crippen molar-refractivity contribution in [1.82, 2.24) is 14.0 Å². The van der Waals surface area contributed by atoms with E-state index in [0.717, 1.165) is 5.52 Å². The molecule has 41 heavy (non-hydrogen) atoms. The summed E-state index contributed by atoms with van der Waals surface area (Å²) in [5.74, 6) is 0. The van der Waals surface area contributed by atoms with E-state index in [9.17, 15) is 0 Å². The number of rotatable bonds is 3. The van der Waals surface area contributed by atoms with Crippen molar-refractivity contribution in [3.8, 4) is 27.9 Å². The number of nitrogens with one attached hydrogen (secondary N) is 1. The van der Waals surface area contributed by atoms with Crippen molar-refractivity contribution in [3.63, 3.8) is 0 Å². The van der Waals surface area contributed by atoms with Gasteiger partial charge in [-0.05, 0) is 71.3 Å². The van der Waals surface area contributed by atoms with E-state index in [4.69, 9.17) is 0 Å². The van der Waals surface area contributed by atoms with Crippen LogP contribution in [0.15, 0.2) is 146 Å². The first-order valence-corrected chi connectivity index (χ1v) is 14.0. The van der Waals surface area contributed by atoms with E-state index in [-0.39, 0.29) is 0 Å². The molecule has 4 aromatic heterocycles.